The van der Waals surface area contributed by atoms with Gasteiger partial charge in [0.1, 0.15) is 5.75 Å². The number of alkyl halides is 2. The lowest BCUT2D eigenvalue weighted by molar-refractivity contribution is -0.286. The zero-order valence-corrected chi connectivity index (χ0v) is 21.1. The molecule has 0 spiro atoms. The van der Waals surface area contributed by atoms with Crippen molar-refractivity contribution in [3.8, 4) is 17.2 Å². The molecule has 10 heteroatoms. The maximum Gasteiger partial charge on any atom is 0.586 e. The molecule has 3 N–H and O–H groups in total. The van der Waals surface area contributed by atoms with E-state index < -0.39 is 17.8 Å². The van der Waals surface area contributed by atoms with Crippen LogP contribution in [-0.2, 0) is 22.2 Å². The number of hydrogen-bond acceptors (Lipinski definition) is 6. The summed E-state index contributed by atoms with van der Waals surface area (Å²) in [6.45, 7) is 5.96. The Hall–Kier alpha value is -3.37. The summed E-state index contributed by atoms with van der Waals surface area (Å²) in [7, 11) is 1.53. The zero-order chi connectivity index (χ0) is 26.8. The second-order valence-electron chi connectivity index (χ2n) is 10.7. The van der Waals surface area contributed by atoms with E-state index in [2.05, 4.69) is 35.6 Å². The molecule has 1 atom stereocenters. The molecule has 1 fully saturated rings. The van der Waals surface area contributed by atoms with Crippen molar-refractivity contribution in [3.63, 3.8) is 0 Å². The van der Waals surface area contributed by atoms with Gasteiger partial charge in [-0.2, -0.15) is 0 Å². The van der Waals surface area contributed by atoms with E-state index in [1.165, 1.54) is 19.2 Å². The van der Waals surface area contributed by atoms with E-state index in [0.717, 1.165) is 16.6 Å². The Morgan fingerprint density at radius 1 is 1.19 bits per heavy atom. The summed E-state index contributed by atoms with van der Waals surface area (Å²) in [5.41, 5.74) is 1.66. The highest BCUT2D eigenvalue weighted by molar-refractivity contribution is 6.03. The summed E-state index contributed by atoms with van der Waals surface area (Å²) in [6.07, 6.45) is -3.53. The van der Waals surface area contributed by atoms with Gasteiger partial charge in [0, 0.05) is 32.5 Å². The minimum absolute atomic E-state index is 0. The van der Waals surface area contributed by atoms with Crippen LogP contribution in [0.5, 0.6) is 17.2 Å². The molecule has 2 heterocycles. The van der Waals surface area contributed by atoms with Crippen molar-refractivity contribution in [2.45, 2.75) is 63.4 Å². The Balaban J connectivity index is 0.00000187. The third-order valence-electron chi connectivity index (χ3n) is 6.95. The van der Waals surface area contributed by atoms with Crippen LogP contribution >= 0.6 is 0 Å². The first-order valence-corrected chi connectivity index (χ1v) is 12.1. The van der Waals surface area contributed by atoms with Crippen LogP contribution in [-0.4, -0.2) is 46.8 Å². The van der Waals surface area contributed by atoms with E-state index in [1.54, 1.807) is 12.1 Å². The minimum atomic E-state index is -3.72. The van der Waals surface area contributed by atoms with E-state index in [0.29, 0.717) is 29.8 Å². The van der Waals surface area contributed by atoms with Crippen LogP contribution in [0.3, 0.4) is 0 Å². The molecule has 1 amide bonds. The maximum absolute atomic E-state index is 13.5. The third-order valence-corrected chi connectivity index (χ3v) is 6.95. The standard InChI is InChI=1S/C27H30F2N2O6.3H2/c1-25(2,3)22-10-15-9-17(12-21(35-4)23(15)31(22)13-18(33)14-32)30-24(34)26(7-8-26)16-5-6-19-20(11-16)37-27(28,29)36-19;;;/h5-6,9-12,18,32-33H,7-8,13-14H2,1-4H3,(H,30,34);3*1H/t18-;;;/m0.../s1. The topological polar surface area (TPSA) is 102 Å². The average Bonchev–Trinajstić information content (AvgIpc) is 3.46. The highest BCUT2D eigenvalue weighted by atomic mass is 19.3. The third kappa shape index (κ3) is 4.48. The van der Waals surface area contributed by atoms with E-state index in [1.807, 2.05) is 16.7 Å². The van der Waals surface area contributed by atoms with Gasteiger partial charge in [-0.3, -0.25) is 4.79 Å². The van der Waals surface area contributed by atoms with Crippen molar-refractivity contribution in [1.29, 1.82) is 0 Å². The Kier molecular flexibility index (Phi) is 5.87. The van der Waals surface area contributed by atoms with Gasteiger partial charge in [-0.1, -0.05) is 26.8 Å². The van der Waals surface area contributed by atoms with Crippen molar-refractivity contribution >= 4 is 22.5 Å². The number of nitrogens with one attached hydrogen (secondary N) is 1. The lowest BCUT2D eigenvalue weighted by Gasteiger charge is -2.24. The number of nitrogens with zero attached hydrogens (tertiary/aromatic N) is 1. The summed E-state index contributed by atoms with van der Waals surface area (Å²) >= 11 is 0. The summed E-state index contributed by atoms with van der Waals surface area (Å²) in [5, 5.41) is 23.4. The molecule has 1 aromatic heterocycles. The summed E-state index contributed by atoms with van der Waals surface area (Å²) in [4.78, 5) is 13.4. The smallest absolute Gasteiger partial charge is 0.494 e. The van der Waals surface area contributed by atoms with Gasteiger partial charge in [0.15, 0.2) is 11.5 Å². The van der Waals surface area contributed by atoms with Crippen molar-refractivity contribution in [2.24, 2.45) is 0 Å². The van der Waals surface area contributed by atoms with Crippen LogP contribution < -0.4 is 19.5 Å². The molecule has 2 aliphatic rings. The van der Waals surface area contributed by atoms with Crippen LogP contribution in [0, 0.1) is 0 Å². The first-order chi connectivity index (χ1) is 17.4. The van der Waals surface area contributed by atoms with Crippen molar-refractivity contribution in [1.82, 2.24) is 4.57 Å². The van der Waals surface area contributed by atoms with Gasteiger partial charge in [-0.25, -0.2) is 0 Å². The van der Waals surface area contributed by atoms with E-state index in [-0.39, 0.29) is 40.3 Å². The number of halogens is 2. The van der Waals surface area contributed by atoms with Gasteiger partial charge in [0.2, 0.25) is 5.91 Å². The fraction of sp³-hybridized carbons (Fsp3) is 0.444. The second-order valence-corrected chi connectivity index (χ2v) is 10.7. The Labute approximate surface area is 217 Å². The molecular weight excluding hydrogens is 486 g/mol. The number of anilines is 1. The number of hydrogen-bond donors (Lipinski definition) is 3. The van der Waals surface area contributed by atoms with Gasteiger partial charge < -0.3 is 34.3 Å². The molecule has 204 valence electrons. The number of ether oxygens (including phenoxy) is 3. The molecule has 0 radical (unpaired) electrons. The summed E-state index contributed by atoms with van der Waals surface area (Å²) in [6, 6.07) is 9.99. The molecule has 2 aromatic carbocycles. The maximum atomic E-state index is 13.5. The Morgan fingerprint density at radius 2 is 1.89 bits per heavy atom. The fourth-order valence-corrected chi connectivity index (χ4v) is 4.95. The van der Waals surface area contributed by atoms with E-state index >= 15 is 0 Å². The molecule has 0 saturated heterocycles. The van der Waals surface area contributed by atoms with Gasteiger partial charge in [-0.15, -0.1) is 8.78 Å². The number of aliphatic hydroxyl groups excluding tert-OH is 2. The molecule has 3 aromatic rings. The number of methoxy groups -OCH3 is 1. The average molecular weight is 523 g/mol. The normalized spacial score (nSPS) is 18.1. The van der Waals surface area contributed by atoms with Crippen LogP contribution in [0.2, 0.25) is 0 Å². The molecule has 0 unspecified atom stereocenters. The lowest BCUT2D eigenvalue weighted by atomic mass is 9.92. The van der Waals surface area contributed by atoms with Gasteiger partial charge in [0.05, 0.1) is 37.3 Å². The predicted molar refractivity (Wildman–Crippen MR) is 139 cm³/mol. The van der Waals surface area contributed by atoms with Crippen molar-refractivity contribution in [3.05, 3.63) is 47.7 Å². The van der Waals surface area contributed by atoms with Crippen LogP contribution in [0.15, 0.2) is 36.4 Å². The monoisotopic (exact) mass is 522 g/mol. The van der Waals surface area contributed by atoms with Gasteiger partial charge in [0.25, 0.3) is 0 Å². The Bertz CT molecular complexity index is 1390. The van der Waals surface area contributed by atoms with Gasteiger partial charge >= 0.3 is 6.29 Å². The number of carbonyl (C=O) groups excluding carboxylic acids is 1. The van der Waals surface area contributed by atoms with Crippen LogP contribution in [0.1, 0.15) is 49.2 Å². The number of fused-ring (bicyclic) bond motifs is 2. The number of amides is 1. The minimum Gasteiger partial charge on any atom is -0.494 e. The first kappa shape index (κ1) is 25.3. The molecular formula is C27H36F2N2O6. The highest BCUT2D eigenvalue weighted by Crippen LogP contribution is 2.52. The summed E-state index contributed by atoms with van der Waals surface area (Å²) < 4.78 is 43.6. The molecule has 1 aliphatic carbocycles. The lowest BCUT2D eigenvalue weighted by Crippen LogP contribution is -2.28. The molecule has 5 rings (SSSR count). The highest BCUT2D eigenvalue weighted by Gasteiger charge is 2.53. The molecule has 37 heavy (non-hydrogen) atoms. The molecule has 8 nitrogen and oxygen atoms in total. The number of aromatic nitrogens is 1. The van der Waals surface area contributed by atoms with E-state index in [4.69, 9.17) is 4.74 Å². The molecule has 1 saturated carbocycles. The SMILES string of the molecule is COc1cc(NC(=O)C2(c3ccc4c(c3)OC(F)(F)O4)CC2)cc2cc(C(C)(C)C)n(C[C@H](O)CO)c12.[HH].[HH].[HH]. The van der Waals surface area contributed by atoms with Crippen molar-refractivity contribution < 1.29 is 42.3 Å². The summed E-state index contributed by atoms with van der Waals surface area (Å²) in [5.74, 6) is 0.0886. The molecule has 1 aliphatic heterocycles. The quantitative estimate of drug-likeness (QED) is 0.402. The Morgan fingerprint density at radius 3 is 2.51 bits per heavy atom. The number of benzene rings is 2. The fourth-order valence-electron chi connectivity index (χ4n) is 4.95. The largest absolute Gasteiger partial charge is 0.586 e. The predicted octanol–water partition coefficient (Wildman–Crippen LogP) is 5.03. The number of rotatable bonds is 7. The van der Waals surface area contributed by atoms with E-state index in [9.17, 15) is 23.8 Å². The van der Waals surface area contributed by atoms with Crippen LogP contribution in [0.25, 0.3) is 10.9 Å². The number of carbonyl (C=O) groups is 1. The first-order valence-electron chi connectivity index (χ1n) is 12.1. The number of aliphatic hydroxyl groups is 2. The second kappa shape index (κ2) is 8.59. The van der Waals surface area contributed by atoms with Crippen LogP contribution in [0.4, 0.5) is 14.5 Å². The van der Waals surface area contributed by atoms with Crippen molar-refractivity contribution in [2.75, 3.05) is 19.0 Å². The molecule has 0 bridgehead atoms. The zero-order valence-electron chi connectivity index (χ0n) is 21.1. The van der Waals surface area contributed by atoms with Gasteiger partial charge in [-0.05, 0) is 42.7 Å².